The predicted octanol–water partition coefficient (Wildman–Crippen LogP) is 4.57. The number of nitrogens with one attached hydrogen (secondary N) is 2. The maximum absolute atomic E-state index is 12.8. The molecule has 2 N–H and O–H groups in total. The SMILES string of the molecule is COc1ccc(C(CC(=O)Nc2ccccc2-c2ccccc2)NC(C)=O)cc1. The van der Waals surface area contributed by atoms with Crippen molar-refractivity contribution in [2.45, 2.75) is 19.4 Å². The van der Waals surface area contributed by atoms with E-state index in [9.17, 15) is 9.59 Å². The monoisotopic (exact) mass is 388 g/mol. The zero-order valence-electron chi connectivity index (χ0n) is 16.5. The molecule has 0 aliphatic heterocycles. The van der Waals surface area contributed by atoms with Crippen LogP contribution < -0.4 is 15.4 Å². The molecule has 5 nitrogen and oxygen atoms in total. The molecule has 148 valence electrons. The average molecular weight is 388 g/mol. The first-order valence-electron chi connectivity index (χ1n) is 9.42. The molecule has 0 saturated heterocycles. The molecule has 3 aromatic rings. The first kappa shape index (κ1) is 20.1. The van der Waals surface area contributed by atoms with Crippen LogP contribution in [-0.2, 0) is 9.59 Å². The van der Waals surface area contributed by atoms with E-state index >= 15 is 0 Å². The number of carbonyl (C=O) groups is 2. The smallest absolute Gasteiger partial charge is 0.226 e. The van der Waals surface area contributed by atoms with Gasteiger partial charge in [-0.1, -0.05) is 60.7 Å². The third-order valence-corrected chi connectivity index (χ3v) is 4.57. The van der Waals surface area contributed by atoms with Gasteiger partial charge in [-0.25, -0.2) is 0 Å². The van der Waals surface area contributed by atoms with Gasteiger partial charge in [-0.3, -0.25) is 9.59 Å². The third-order valence-electron chi connectivity index (χ3n) is 4.57. The van der Waals surface area contributed by atoms with Crippen LogP contribution in [0, 0.1) is 0 Å². The second-order valence-corrected chi connectivity index (χ2v) is 6.69. The first-order chi connectivity index (χ1) is 14.1. The highest BCUT2D eigenvalue weighted by Gasteiger charge is 2.18. The number of benzene rings is 3. The molecule has 0 aromatic heterocycles. The van der Waals surface area contributed by atoms with E-state index in [1.54, 1.807) is 7.11 Å². The molecule has 3 aromatic carbocycles. The van der Waals surface area contributed by atoms with Crippen molar-refractivity contribution < 1.29 is 14.3 Å². The van der Waals surface area contributed by atoms with Crippen LogP contribution in [0.1, 0.15) is 24.9 Å². The van der Waals surface area contributed by atoms with Gasteiger partial charge in [0.05, 0.1) is 19.6 Å². The Morgan fingerprint density at radius 2 is 1.55 bits per heavy atom. The van der Waals surface area contributed by atoms with Crippen LogP contribution in [0.25, 0.3) is 11.1 Å². The molecule has 0 aliphatic rings. The van der Waals surface area contributed by atoms with E-state index in [1.165, 1.54) is 6.92 Å². The Morgan fingerprint density at radius 3 is 2.21 bits per heavy atom. The lowest BCUT2D eigenvalue weighted by atomic mass is 10.0. The van der Waals surface area contributed by atoms with Gasteiger partial charge in [-0.15, -0.1) is 0 Å². The lowest BCUT2D eigenvalue weighted by Crippen LogP contribution is -2.29. The van der Waals surface area contributed by atoms with Gasteiger partial charge >= 0.3 is 0 Å². The Bertz CT molecular complexity index is 969. The highest BCUT2D eigenvalue weighted by Crippen LogP contribution is 2.28. The Balaban J connectivity index is 1.78. The molecule has 3 rings (SSSR count). The summed E-state index contributed by atoms with van der Waals surface area (Å²) in [4.78, 5) is 24.5. The number of rotatable bonds is 7. The van der Waals surface area contributed by atoms with Gasteiger partial charge in [0.25, 0.3) is 0 Å². The lowest BCUT2D eigenvalue weighted by Gasteiger charge is -2.19. The maximum atomic E-state index is 12.8. The summed E-state index contributed by atoms with van der Waals surface area (Å²) in [5, 5.41) is 5.85. The fourth-order valence-corrected chi connectivity index (χ4v) is 3.18. The minimum absolute atomic E-state index is 0.120. The lowest BCUT2D eigenvalue weighted by molar-refractivity contribution is -0.120. The van der Waals surface area contributed by atoms with E-state index in [0.29, 0.717) is 0 Å². The number of anilines is 1. The van der Waals surface area contributed by atoms with E-state index in [2.05, 4.69) is 10.6 Å². The number of amides is 2. The van der Waals surface area contributed by atoms with Gasteiger partial charge in [0, 0.05) is 18.2 Å². The van der Waals surface area contributed by atoms with Gasteiger partial charge in [0.2, 0.25) is 11.8 Å². The molecule has 0 saturated carbocycles. The Kier molecular flexibility index (Phi) is 6.63. The fraction of sp³-hybridized carbons (Fsp3) is 0.167. The van der Waals surface area contributed by atoms with Crippen molar-refractivity contribution in [2.24, 2.45) is 0 Å². The molecular formula is C24H24N2O3. The molecule has 0 fully saturated rings. The van der Waals surface area contributed by atoms with Crippen molar-refractivity contribution >= 4 is 17.5 Å². The number of para-hydroxylation sites is 1. The minimum atomic E-state index is -0.428. The Labute approximate surface area is 170 Å². The molecule has 0 heterocycles. The molecule has 1 unspecified atom stereocenters. The van der Waals surface area contributed by atoms with Crippen LogP contribution >= 0.6 is 0 Å². The van der Waals surface area contributed by atoms with Crippen LogP contribution in [-0.4, -0.2) is 18.9 Å². The van der Waals surface area contributed by atoms with Crippen molar-refractivity contribution in [3.8, 4) is 16.9 Å². The summed E-state index contributed by atoms with van der Waals surface area (Å²) in [5.41, 5.74) is 3.55. The average Bonchev–Trinajstić information content (AvgIpc) is 2.74. The van der Waals surface area contributed by atoms with E-state index < -0.39 is 6.04 Å². The molecule has 0 radical (unpaired) electrons. The molecular weight excluding hydrogens is 364 g/mol. The zero-order chi connectivity index (χ0) is 20.6. The number of hydrogen-bond donors (Lipinski definition) is 2. The third kappa shape index (κ3) is 5.45. The molecule has 0 bridgehead atoms. The second kappa shape index (κ2) is 9.55. The summed E-state index contributed by atoms with van der Waals surface area (Å²) in [5.74, 6) is 0.350. The van der Waals surface area contributed by atoms with Gasteiger partial charge in [0.1, 0.15) is 5.75 Å². The predicted molar refractivity (Wildman–Crippen MR) is 115 cm³/mol. The van der Waals surface area contributed by atoms with Crippen molar-refractivity contribution in [1.29, 1.82) is 0 Å². The second-order valence-electron chi connectivity index (χ2n) is 6.69. The largest absolute Gasteiger partial charge is 0.497 e. The fourth-order valence-electron chi connectivity index (χ4n) is 3.18. The van der Waals surface area contributed by atoms with Crippen molar-refractivity contribution in [3.63, 3.8) is 0 Å². The van der Waals surface area contributed by atoms with Crippen molar-refractivity contribution in [1.82, 2.24) is 5.32 Å². The molecule has 5 heteroatoms. The molecule has 29 heavy (non-hydrogen) atoms. The van der Waals surface area contributed by atoms with Gasteiger partial charge in [-0.2, -0.15) is 0 Å². The Morgan fingerprint density at radius 1 is 0.897 bits per heavy atom. The molecule has 1 atom stereocenters. The molecule has 0 aliphatic carbocycles. The summed E-state index contributed by atoms with van der Waals surface area (Å²) in [7, 11) is 1.60. The number of methoxy groups -OCH3 is 1. The van der Waals surface area contributed by atoms with E-state index in [-0.39, 0.29) is 18.2 Å². The summed E-state index contributed by atoms with van der Waals surface area (Å²) in [6.45, 7) is 1.44. The Hall–Kier alpha value is -3.60. The van der Waals surface area contributed by atoms with Crippen molar-refractivity contribution in [2.75, 3.05) is 12.4 Å². The van der Waals surface area contributed by atoms with E-state index in [0.717, 1.165) is 28.1 Å². The highest BCUT2D eigenvalue weighted by molar-refractivity contribution is 5.96. The number of ether oxygens (including phenoxy) is 1. The van der Waals surface area contributed by atoms with Gasteiger partial charge in [0.15, 0.2) is 0 Å². The number of hydrogen-bond acceptors (Lipinski definition) is 3. The molecule has 0 spiro atoms. The van der Waals surface area contributed by atoms with Gasteiger partial charge < -0.3 is 15.4 Å². The summed E-state index contributed by atoms with van der Waals surface area (Å²) < 4.78 is 5.18. The normalized spacial score (nSPS) is 11.4. The van der Waals surface area contributed by atoms with Gasteiger partial charge in [-0.05, 0) is 29.3 Å². The zero-order valence-corrected chi connectivity index (χ0v) is 16.5. The summed E-state index contributed by atoms with van der Waals surface area (Å²) in [6.07, 6.45) is 0.120. The topological polar surface area (TPSA) is 67.4 Å². The maximum Gasteiger partial charge on any atom is 0.226 e. The quantitative estimate of drug-likeness (QED) is 0.623. The van der Waals surface area contributed by atoms with Crippen molar-refractivity contribution in [3.05, 3.63) is 84.4 Å². The summed E-state index contributed by atoms with van der Waals surface area (Å²) >= 11 is 0. The number of carbonyl (C=O) groups excluding carboxylic acids is 2. The van der Waals surface area contributed by atoms with E-state index in [4.69, 9.17) is 4.74 Å². The van der Waals surface area contributed by atoms with Crippen LogP contribution in [0.15, 0.2) is 78.9 Å². The standard InChI is InChI=1S/C24H24N2O3/c1-17(27)25-23(19-12-14-20(29-2)15-13-19)16-24(28)26-22-11-7-6-10-21(22)18-8-4-3-5-9-18/h3-15,23H,16H2,1-2H3,(H,25,27)(H,26,28). The molecule has 2 amide bonds. The minimum Gasteiger partial charge on any atom is -0.497 e. The summed E-state index contributed by atoms with van der Waals surface area (Å²) in [6, 6.07) is 24.5. The van der Waals surface area contributed by atoms with Crippen LogP contribution in [0.3, 0.4) is 0 Å². The van der Waals surface area contributed by atoms with Crippen LogP contribution in [0.5, 0.6) is 5.75 Å². The van der Waals surface area contributed by atoms with E-state index in [1.807, 2.05) is 78.9 Å². The van der Waals surface area contributed by atoms with Crippen LogP contribution in [0.4, 0.5) is 5.69 Å². The highest BCUT2D eigenvalue weighted by atomic mass is 16.5. The van der Waals surface area contributed by atoms with Crippen LogP contribution in [0.2, 0.25) is 0 Å². The first-order valence-corrected chi connectivity index (χ1v) is 9.42.